The van der Waals surface area contributed by atoms with Crippen molar-refractivity contribution in [3.05, 3.63) is 30.1 Å². The molecule has 1 aromatic rings. The minimum atomic E-state index is 0.646. The van der Waals surface area contributed by atoms with Gasteiger partial charge in [0.25, 0.3) is 0 Å². The molecule has 0 fully saturated rings. The predicted octanol–water partition coefficient (Wildman–Crippen LogP) is 0.383. The van der Waals surface area contributed by atoms with Crippen LogP contribution in [0.4, 0.5) is 0 Å². The van der Waals surface area contributed by atoms with Crippen LogP contribution < -0.4 is 5.73 Å². The molecule has 1 rings (SSSR count). The van der Waals surface area contributed by atoms with Crippen LogP contribution in [-0.4, -0.2) is 11.5 Å². The van der Waals surface area contributed by atoms with Crippen LogP contribution in [-0.2, 0) is 6.42 Å². The van der Waals surface area contributed by atoms with E-state index in [1.54, 1.807) is 6.20 Å². The molecule has 0 aromatic carbocycles. The minimum Gasteiger partial charge on any atom is -0.330 e. The summed E-state index contributed by atoms with van der Waals surface area (Å²) in [5.74, 6) is 0. The van der Waals surface area contributed by atoms with Crippen LogP contribution in [0, 0.1) is 6.07 Å². The Morgan fingerprint density at radius 1 is 1.67 bits per heavy atom. The van der Waals surface area contributed by atoms with Crippen molar-refractivity contribution in [1.82, 2.24) is 4.98 Å². The Morgan fingerprint density at radius 2 is 2.56 bits per heavy atom. The van der Waals surface area contributed by atoms with Crippen molar-refractivity contribution in [3.8, 4) is 0 Å². The standard InChI is InChI=1S/C7H9N2/c8-5-4-7-3-1-2-6-9-7/h1-2,6H,4-5,8H2. The number of nitrogens with two attached hydrogens (primary N) is 1. The van der Waals surface area contributed by atoms with Crippen molar-refractivity contribution in [2.75, 3.05) is 6.54 Å². The zero-order valence-electron chi connectivity index (χ0n) is 5.17. The molecule has 2 heteroatoms. The molecule has 0 bridgehead atoms. The fourth-order valence-electron chi connectivity index (χ4n) is 0.631. The SMILES string of the molecule is NCCc1[c]cccn1. The Morgan fingerprint density at radius 3 is 3.11 bits per heavy atom. The van der Waals surface area contributed by atoms with Crippen LogP contribution in [0.5, 0.6) is 0 Å². The maximum atomic E-state index is 5.30. The number of nitrogens with zero attached hydrogens (tertiary/aromatic N) is 1. The van der Waals surface area contributed by atoms with Gasteiger partial charge < -0.3 is 5.73 Å². The lowest BCUT2D eigenvalue weighted by atomic mass is 10.3. The van der Waals surface area contributed by atoms with Crippen LogP contribution in [0.15, 0.2) is 18.3 Å². The molecule has 0 atom stereocenters. The van der Waals surface area contributed by atoms with Gasteiger partial charge in [0.2, 0.25) is 0 Å². The van der Waals surface area contributed by atoms with E-state index in [-0.39, 0.29) is 0 Å². The first-order valence-corrected chi connectivity index (χ1v) is 2.95. The Labute approximate surface area is 54.7 Å². The molecule has 0 aliphatic heterocycles. The Hall–Kier alpha value is -0.890. The maximum absolute atomic E-state index is 5.30. The first-order chi connectivity index (χ1) is 4.43. The minimum absolute atomic E-state index is 0.646. The first-order valence-electron chi connectivity index (χ1n) is 2.95. The van der Waals surface area contributed by atoms with Crippen LogP contribution in [0.25, 0.3) is 0 Å². The number of hydrogen-bond acceptors (Lipinski definition) is 2. The number of aromatic nitrogens is 1. The lowest BCUT2D eigenvalue weighted by Gasteiger charge is -1.92. The third kappa shape index (κ3) is 1.82. The monoisotopic (exact) mass is 121 g/mol. The Bertz CT molecular complexity index is 160. The number of rotatable bonds is 2. The molecule has 0 spiro atoms. The van der Waals surface area contributed by atoms with Crippen molar-refractivity contribution < 1.29 is 0 Å². The highest BCUT2D eigenvalue weighted by atomic mass is 14.7. The highest BCUT2D eigenvalue weighted by Crippen LogP contribution is 1.90. The van der Waals surface area contributed by atoms with E-state index in [0.717, 1.165) is 12.1 Å². The summed E-state index contributed by atoms with van der Waals surface area (Å²) in [6.07, 6.45) is 2.57. The molecule has 0 saturated heterocycles. The Kier molecular flexibility index (Phi) is 2.22. The molecule has 0 saturated carbocycles. The van der Waals surface area contributed by atoms with Crippen molar-refractivity contribution in [3.63, 3.8) is 0 Å². The molecule has 0 aliphatic carbocycles. The molecule has 2 N–H and O–H groups in total. The lowest BCUT2D eigenvalue weighted by molar-refractivity contribution is 0.921. The first kappa shape index (κ1) is 6.23. The smallest absolute Gasteiger partial charge is 0.0495 e. The van der Waals surface area contributed by atoms with Gasteiger partial charge in [-0.2, -0.15) is 0 Å². The zero-order valence-corrected chi connectivity index (χ0v) is 5.17. The van der Waals surface area contributed by atoms with Gasteiger partial charge in [0.05, 0.1) is 0 Å². The van der Waals surface area contributed by atoms with Crippen LogP contribution in [0.2, 0.25) is 0 Å². The van der Waals surface area contributed by atoms with E-state index >= 15 is 0 Å². The van der Waals surface area contributed by atoms with E-state index in [2.05, 4.69) is 11.1 Å². The average Bonchev–Trinajstić information content (AvgIpc) is 1.91. The quantitative estimate of drug-likeness (QED) is 0.614. The van der Waals surface area contributed by atoms with Gasteiger partial charge in [-0.3, -0.25) is 4.98 Å². The predicted molar refractivity (Wildman–Crippen MR) is 35.8 cm³/mol. The summed E-state index contributed by atoms with van der Waals surface area (Å²) in [7, 11) is 0. The van der Waals surface area contributed by atoms with Crippen LogP contribution in [0.1, 0.15) is 5.69 Å². The molecule has 1 heterocycles. The van der Waals surface area contributed by atoms with Gasteiger partial charge in [-0.15, -0.1) is 0 Å². The van der Waals surface area contributed by atoms with Crippen molar-refractivity contribution in [2.45, 2.75) is 6.42 Å². The molecule has 1 radical (unpaired) electrons. The second-order valence-corrected chi connectivity index (χ2v) is 1.77. The van der Waals surface area contributed by atoms with Gasteiger partial charge in [-0.05, 0) is 12.6 Å². The topological polar surface area (TPSA) is 38.9 Å². The summed E-state index contributed by atoms with van der Waals surface area (Å²) in [6, 6.07) is 6.67. The van der Waals surface area contributed by atoms with E-state index in [1.807, 2.05) is 12.1 Å². The van der Waals surface area contributed by atoms with Gasteiger partial charge in [-0.25, -0.2) is 0 Å². The fraction of sp³-hybridized carbons (Fsp3) is 0.286. The van der Waals surface area contributed by atoms with Gasteiger partial charge >= 0.3 is 0 Å². The highest BCUT2D eigenvalue weighted by Gasteiger charge is 1.87. The molecule has 0 amide bonds. The molecular formula is C7H9N2. The lowest BCUT2D eigenvalue weighted by Crippen LogP contribution is -2.03. The molecule has 9 heavy (non-hydrogen) atoms. The summed E-state index contributed by atoms with van der Waals surface area (Å²) in [6.45, 7) is 0.646. The van der Waals surface area contributed by atoms with Gasteiger partial charge in [-0.1, -0.05) is 6.07 Å². The average molecular weight is 121 g/mol. The summed E-state index contributed by atoms with van der Waals surface area (Å²) in [4.78, 5) is 4.03. The van der Waals surface area contributed by atoms with Crippen molar-refractivity contribution >= 4 is 0 Å². The largest absolute Gasteiger partial charge is 0.330 e. The number of pyridine rings is 1. The van der Waals surface area contributed by atoms with Gasteiger partial charge in [0.1, 0.15) is 0 Å². The van der Waals surface area contributed by atoms with E-state index in [4.69, 9.17) is 5.73 Å². The van der Waals surface area contributed by atoms with E-state index < -0.39 is 0 Å². The normalized spacial score (nSPS) is 9.44. The van der Waals surface area contributed by atoms with E-state index in [1.165, 1.54) is 0 Å². The third-order valence-corrected chi connectivity index (χ3v) is 1.04. The summed E-state index contributed by atoms with van der Waals surface area (Å²) >= 11 is 0. The zero-order chi connectivity index (χ0) is 6.53. The summed E-state index contributed by atoms with van der Waals surface area (Å²) in [5.41, 5.74) is 6.24. The van der Waals surface area contributed by atoms with E-state index in [9.17, 15) is 0 Å². The highest BCUT2D eigenvalue weighted by molar-refractivity contribution is 5.01. The van der Waals surface area contributed by atoms with E-state index in [0.29, 0.717) is 6.54 Å². The van der Waals surface area contributed by atoms with Crippen LogP contribution in [0.3, 0.4) is 0 Å². The molecule has 47 valence electrons. The third-order valence-electron chi connectivity index (χ3n) is 1.04. The van der Waals surface area contributed by atoms with Crippen LogP contribution >= 0.6 is 0 Å². The summed E-state index contributed by atoms with van der Waals surface area (Å²) in [5, 5.41) is 0. The second kappa shape index (κ2) is 3.20. The van der Waals surface area contributed by atoms with Gasteiger partial charge in [0.15, 0.2) is 0 Å². The molecule has 0 unspecified atom stereocenters. The molecular weight excluding hydrogens is 112 g/mol. The maximum Gasteiger partial charge on any atom is 0.0495 e. The molecule has 1 aromatic heterocycles. The Balaban J connectivity index is 2.61. The number of hydrogen-bond donors (Lipinski definition) is 1. The molecule has 0 aliphatic rings. The van der Waals surface area contributed by atoms with Crippen molar-refractivity contribution in [1.29, 1.82) is 0 Å². The summed E-state index contributed by atoms with van der Waals surface area (Å²) < 4.78 is 0. The fourth-order valence-corrected chi connectivity index (χ4v) is 0.631. The van der Waals surface area contributed by atoms with Gasteiger partial charge in [0, 0.05) is 24.4 Å². The van der Waals surface area contributed by atoms with Crippen molar-refractivity contribution in [2.24, 2.45) is 5.73 Å². The molecule has 2 nitrogen and oxygen atoms in total. The second-order valence-electron chi connectivity index (χ2n) is 1.77.